The van der Waals surface area contributed by atoms with E-state index in [2.05, 4.69) is 20.8 Å². The van der Waals surface area contributed by atoms with Gasteiger partial charge in [-0.25, -0.2) is 16.8 Å². The molecule has 5 rings (SSSR count). The van der Waals surface area contributed by atoms with Crippen LogP contribution in [0, 0.1) is 0 Å². The second kappa shape index (κ2) is 11.6. The quantitative estimate of drug-likeness (QED) is 0.180. The molecule has 0 saturated carbocycles. The Kier molecular flexibility index (Phi) is 8.05. The summed E-state index contributed by atoms with van der Waals surface area (Å²) in [6.07, 6.45) is 0. The van der Waals surface area contributed by atoms with Gasteiger partial charge in [-0.05, 0) is 108 Å². The van der Waals surface area contributed by atoms with E-state index in [1.807, 2.05) is 24.3 Å². The molecule has 0 aromatic heterocycles. The van der Waals surface area contributed by atoms with Crippen molar-refractivity contribution in [1.29, 1.82) is 0 Å². The van der Waals surface area contributed by atoms with Gasteiger partial charge in [0, 0.05) is 0 Å². The van der Waals surface area contributed by atoms with Gasteiger partial charge in [0.2, 0.25) is 19.7 Å². The van der Waals surface area contributed by atoms with Crippen LogP contribution in [-0.2, 0) is 25.1 Å². The van der Waals surface area contributed by atoms with Crippen molar-refractivity contribution < 1.29 is 31.4 Å². The van der Waals surface area contributed by atoms with Crippen molar-refractivity contribution >= 4 is 19.7 Å². The van der Waals surface area contributed by atoms with Gasteiger partial charge in [0.1, 0.15) is 23.0 Å². The van der Waals surface area contributed by atoms with Crippen molar-refractivity contribution in [1.82, 2.24) is 0 Å². The SMILES string of the molecule is CC(C)(C)c1ccc(Oc2ccc(S(=O)(=O)c3ccc(Oc4ccc(S(=O)(=O)c5ccc([O-])cc5)cc4)cc3)cc2)cc1. The minimum Gasteiger partial charge on any atom is -0.872 e. The predicted molar refractivity (Wildman–Crippen MR) is 161 cm³/mol. The maximum absolute atomic E-state index is 13.2. The van der Waals surface area contributed by atoms with Gasteiger partial charge in [-0.3, -0.25) is 0 Å². The summed E-state index contributed by atoms with van der Waals surface area (Å²) in [4.78, 5) is 0.288. The first-order valence-corrected chi connectivity index (χ1v) is 16.3. The Hall–Kier alpha value is -4.60. The molecular formula is C34H29O7S2-. The van der Waals surface area contributed by atoms with Crippen molar-refractivity contribution in [2.45, 2.75) is 45.8 Å². The molecule has 0 aliphatic rings. The first-order valence-electron chi connectivity index (χ1n) is 13.4. The Morgan fingerprint density at radius 3 is 0.977 bits per heavy atom. The van der Waals surface area contributed by atoms with Crippen LogP contribution in [0.25, 0.3) is 0 Å². The molecule has 0 heterocycles. The Bertz CT molecular complexity index is 1920. The molecule has 0 amide bonds. The molecule has 0 aliphatic heterocycles. The first kappa shape index (κ1) is 29.9. The molecule has 43 heavy (non-hydrogen) atoms. The van der Waals surface area contributed by atoms with Crippen LogP contribution in [0.4, 0.5) is 0 Å². The van der Waals surface area contributed by atoms with E-state index in [-0.39, 0.29) is 30.7 Å². The molecule has 5 aromatic carbocycles. The molecule has 0 atom stereocenters. The van der Waals surface area contributed by atoms with Crippen LogP contribution < -0.4 is 14.6 Å². The highest BCUT2D eigenvalue weighted by atomic mass is 32.2. The average Bonchev–Trinajstić information content (AvgIpc) is 2.98. The third-order valence-electron chi connectivity index (χ3n) is 6.73. The molecule has 0 fully saturated rings. The fraction of sp³-hybridized carbons (Fsp3) is 0.118. The summed E-state index contributed by atoms with van der Waals surface area (Å²) in [7, 11) is -7.58. The number of ether oxygens (including phenoxy) is 2. The van der Waals surface area contributed by atoms with E-state index >= 15 is 0 Å². The number of hydrogen-bond donors (Lipinski definition) is 0. The summed E-state index contributed by atoms with van der Waals surface area (Å²) in [6, 6.07) is 30.8. The number of sulfone groups is 2. The molecule has 5 aromatic rings. The van der Waals surface area contributed by atoms with Gasteiger partial charge in [-0.2, -0.15) is 0 Å². The monoisotopic (exact) mass is 613 g/mol. The van der Waals surface area contributed by atoms with E-state index in [1.54, 1.807) is 12.1 Å². The lowest BCUT2D eigenvalue weighted by Gasteiger charge is -2.19. The van der Waals surface area contributed by atoms with Crippen molar-refractivity contribution in [3.05, 3.63) is 127 Å². The Balaban J connectivity index is 1.24. The lowest BCUT2D eigenvalue weighted by Crippen LogP contribution is -2.10. The van der Waals surface area contributed by atoms with Crippen LogP contribution in [0.15, 0.2) is 141 Å². The summed E-state index contributed by atoms with van der Waals surface area (Å²) in [6.45, 7) is 6.41. The topological polar surface area (TPSA) is 110 Å². The van der Waals surface area contributed by atoms with E-state index in [1.165, 1.54) is 90.5 Å². The molecule has 0 spiro atoms. The van der Waals surface area contributed by atoms with E-state index in [0.717, 1.165) is 0 Å². The highest BCUT2D eigenvalue weighted by Gasteiger charge is 2.19. The molecule has 0 saturated heterocycles. The molecule has 0 aliphatic carbocycles. The molecule has 0 bridgehead atoms. The maximum Gasteiger partial charge on any atom is 0.206 e. The fourth-order valence-corrected chi connectivity index (χ4v) is 6.77. The van der Waals surface area contributed by atoms with E-state index in [9.17, 15) is 21.9 Å². The third kappa shape index (κ3) is 6.74. The van der Waals surface area contributed by atoms with Crippen LogP contribution in [0.1, 0.15) is 26.3 Å². The first-order chi connectivity index (χ1) is 20.3. The lowest BCUT2D eigenvalue weighted by atomic mass is 9.87. The lowest BCUT2D eigenvalue weighted by molar-refractivity contribution is -0.268. The molecule has 9 heteroatoms. The van der Waals surface area contributed by atoms with Gasteiger partial charge < -0.3 is 14.6 Å². The summed E-state index contributed by atoms with van der Waals surface area (Å²) in [5, 5.41) is 11.3. The summed E-state index contributed by atoms with van der Waals surface area (Å²) >= 11 is 0. The summed E-state index contributed by atoms with van der Waals surface area (Å²) in [5.41, 5.74) is 1.22. The highest BCUT2D eigenvalue weighted by Crippen LogP contribution is 2.31. The van der Waals surface area contributed by atoms with Crippen molar-refractivity contribution in [3.8, 4) is 28.7 Å². The zero-order valence-corrected chi connectivity index (χ0v) is 25.4. The van der Waals surface area contributed by atoms with Crippen LogP contribution in [0.3, 0.4) is 0 Å². The van der Waals surface area contributed by atoms with Crippen molar-refractivity contribution in [2.75, 3.05) is 0 Å². The normalized spacial score (nSPS) is 12.1. The molecule has 7 nitrogen and oxygen atoms in total. The van der Waals surface area contributed by atoms with Crippen molar-refractivity contribution in [2.24, 2.45) is 0 Å². The van der Waals surface area contributed by atoms with Crippen LogP contribution in [0.2, 0.25) is 0 Å². The third-order valence-corrected chi connectivity index (χ3v) is 10.3. The molecule has 220 valence electrons. The zero-order valence-electron chi connectivity index (χ0n) is 23.7. The number of hydrogen-bond acceptors (Lipinski definition) is 7. The Morgan fingerprint density at radius 1 is 0.442 bits per heavy atom. The maximum atomic E-state index is 13.2. The van der Waals surface area contributed by atoms with Gasteiger partial charge in [0.05, 0.1) is 19.6 Å². The Labute approximate surface area is 251 Å². The second-order valence-electron chi connectivity index (χ2n) is 10.9. The van der Waals surface area contributed by atoms with Gasteiger partial charge in [0.25, 0.3) is 0 Å². The number of rotatable bonds is 8. The van der Waals surface area contributed by atoms with E-state index in [0.29, 0.717) is 23.0 Å². The largest absolute Gasteiger partial charge is 0.872 e. The smallest absolute Gasteiger partial charge is 0.206 e. The van der Waals surface area contributed by atoms with Gasteiger partial charge in [0.15, 0.2) is 0 Å². The van der Waals surface area contributed by atoms with Crippen LogP contribution in [-0.4, -0.2) is 16.8 Å². The van der Waals surface area contributed by atoms with Crippen LogP contribution in [0.5, 0.6) is 28.7 Å². The zero-order chi connectivity index (χ0) is 30.8. The predicted octanol–water partition coefficient (Wildman–Crippen LogP) is 7.31. The number of benzene rings is 5. The van der Waals surface area contributed by atoms with Crippen LogP contribution >= 0.6 is 0 Å². The molecular weight excluding hydrogens is 585 g/mol. The molecule has 0 unspecified atom stereocenters. The van der Waals surface area contributed by atoms with E-state index in [4.69, 9.17) is 9.47 Å². The highest BCUT2D eigenvalue weighted by molar-refractivity contribution is 7.91. The molecule has 0 radical (unpaired) electrons. The Morgan fingerprint density at radius 2 is 0.698 bits per heavy atom. The van der Waals surface area contributed by atoms with Gasteiger partial charge in [-0.1, -0.05) is 45.0 Å². The van der Waals surface area contributed by atoms with Crippen molar-refractivity contribution in [3.63, 3.8) is 0 Å². The minimum atomic E-state index is -3.79. The molecule has 0 N–H and O–H groups in total. The van der Waals surface area contributed by atoms with Gasteiger partial charge in [-0.15, -0.1) is 5.75 Å². The average molecular weight is 614 g/mol. The minimum absolute atomic E-state index is 0.0191. The fourth-order valence-electron chi connectivity index (χ4n) is 4.25. The summed E-state index contributed by atoms with van der Waals surface area (Å²) < 4.78 is 63.7. The standard InChI is InChI=1S/C34H30O7S2/c1-34(2,3)24-4-8-26(9-5-24)40-27-10-20-32(21-11-27)43(38,39)33-22-14-29(15-23-33)41-28-12-18-31(19-13-28)42(36,37)30-16-6-25(35)7-17-30/h4-23,35H,1-3H3/p-1. The summed E-state index contributed by atoms with van der Waals surface area (Å²) in [5.74, 6) is 1.65. The van der Waals surface area contributed by atoms with E-state index < -0.39 is 19.7 Å². The van der Waals surface area contributed by atoms with Gasteiger partial charge >= 0.3 is 0 Å². The second-order valence-corrected chi connectivity index (χ2v) is 14.8.